The van der Waals surface area contributed by atoms with E-state index < -0.39 is 15.9 Å². The van der Waals surface area contributed by atoms with Crippen LogP contribution in [-0.4, -0.2) is 26.3 Å². The van der Waals surface area contributed by atoms with Gasteiger partial charge in [0.05, 0.1) is 0 Å². The van der Waals surface area contributed by atoms with E-state index >= 15 is 0 Å². The molecule has 10 nitrogen and oxygen atoms in total. The highest BCUT2D eigenvalue weighted by Gasteiger charge is 2.28. The number of amides is 1. The second kappa shape index (κ2) is 7.77. The van der Waals surface area contributed by atoms with Crippen molar-refractivity contribution in [3.05, 3.63) is 44.2 Å². The highest BCUT2D eigenvalue weighted by molar-refractivity contribution is 7.93. The molecule has 0 saturated carbocycles. The number of rotatable bonds is 5. The first-order chi connectivity index (χ1) is 14.7. The summed E-state index contributed by atoms with van der Waals surface area (Å²) in [7, 11) is -4.20. The number of aryl methyl sites for hydroxylation is 1. The second-order valence-electron chi connectivity index (χ2n) is 6.35. The van der Waals surface area contributed by atoms with Gasteiger partial charge in [0.2, 0.25) is 6.79 Å². The number of nitriles is 1. The van der Waals surface area contributed by atoms with Crippen molar-refractivity contribution in [2.45, 2.75) is 18.7 Å². The van der Waals surface area contributed by atoms with Gasteiger partial charge in [0.25, 0.3) is 21.8 Å². The smallest absolute Gasteiger partial charge is 0.267 e. The largest absolute Gasteiger partial charge is 0.453 e. The van der Waals surface area contributed by atoms with Crippen LogP contribution in [0.2, 0.25) is 5.02 Å². The van der Waals surface area contributed by atoms with Gasteiger partial charge in [0, 0.05) is 11.8 Å². The first-order valence-corrected chi connectivity index (χ1v) is 11.3. The van der Waals surface area contributed by atoms with Crippen LogP contribution in [0.5, 0.6) is 11.5 Å². The number of carbonyl (C=O) groups is 1. The second-order valence-corrected chi connectivity index (χ2v) is 9.30. The van der Waals surface area contributed by atoms with Crippen LogP contribution in [0, 0.1) is 25.2 Å². The van der Waals surface area contributed by atoms with Crippen LogP contribution in [0.1, 0.15) is 26.5 Å². The number of hydrogen-bond donors (Lipinski definition) is 2. The predicted molar refractivity (Wildman–Crippen MR) is 111 cm³/mol. The van der Waals surface area contributed by atoms with Gasteiger partial charge < -0.3 is 19.3 Å². The molecule has 3 aromatic rings. The lowest BCUT2D eigenvalue weighted by Gasteiger charge is -2.12. The summed E-state index contributed by atoms with van der Waals surface area (Å²) in [4.78, 5) is 12.6. The first kappa shape index (κ1) is 21.0. The fourth-order valence-corrected chi connectivity index (χ4v) is 5.34. The molecule has 0 saturated heterocycles. The lowest BCUT2D eigenvalue weighted by atomic mass is 10.1. The monoisotopic (exact) mass is 480 g/mol. The van der Waals surface area contributed by atoms with E-state index in [1.54, 1.807) is 13.8 Å². The number of hydrogen-bond acceptors (Lipinski definition) is 9. The van der Waals surface area contributed by atoms with Crippen LogP contribution < -0.4 is 19.5 Å². The molecule has 0 fully saturated rings. The molecule has 4 rings (SSSR count). The van der Waals surface area contributed by atoms with E-state index in [1.807, 2.05) is 6.07 Å². The van der Waals surface area contributed by atoms with Crippen molar-refractivity contribution in [1.82, 2.24) is 5.16 Å². The van der Waals surface area contributed by atoms with Crippen LogP contribution in [0.25, 0.3) is 0 Å². The Morgan fingerprint density at radius 2 is 2.13 bits per heavy atom. The molecule has 1 aliphatic heterocycles. The Balaban J connectivity index is 1.65. The van der Waals surface area contributed by atoms with Crippen molar-refractivity contribution >= 4 is 50.4 Å². The lowest BCUT2D eigenvalue weighted by Crippen LogP contribution is -2.18. The third kappa shape index (κ3) is 3.67. The van der Waals surface area contributed by atoms with E-state index in [0.29, 0.717) is 28.4 Å². The number of fused-ring (bicyclic) bond motifs is 1. The predicted octanol–water partition coefficient (Wildman–Crippen LogP) is 3.66. The number of carbonyl (C=O) groups excluding carboxylic acids is 1. The minimum atomic E-state index is -4.20. The molecule has 1 aliphatic rings. The number of halogens is 1. The topological polar surface area (TPSA) is 144 Å². The van der Waals surface area contributed by atoms with Crippen LogP contribution in [0.15, 0.2) is 26.9 Å². The number of thiophene rings is 1. The summed E-state index contributed by atoms with van der Waals surface area (Å²) in [5, 5.41) is 17.1. The average Bonchev–Trinajstić information content (AvgIpc) is 3.46. The highest BCUT2D eigenvalue weighted by atomic mass is 35.5. The molecule has 0 bridgehead atoms. The van der Waals surface area contributed by atoms with Crippen molar-refractivity contribution in [1.29, 1.82) is 5.26 Å². The molecule has 2 N–H and O–H groups in total. The van der Waals surface area contributed by atoms with Crippen molar-refractivity contribution in [2.75, 3.05) is 16.8 Å². The van der Waals surface area contributed by atoms with Gasteiger partial charge >= 0.3 is 0 Å². The summed E-state index contributed by atoms with van der Waals surface area (Å²) in [6, 6.07) is 4.83. The standard InChI is InChI=1S/C18H13ClN4O6S2/c1-8-10(6-20)15-12(27-7-28-15)5-11(8)21-17(24)16-13(3-4-30-16)31(25,26)23-18-14(19)9(2)22-29-18/h3-5,23H,7H2,1-2H3,(H,21,24). The van der Waals surface area contributed by atoms with Gasteiger partial charge in [-0.2, -0.15) is 5.26 Å². The number of sulfonamides is 1. The third-order valence-corrected chi connectivity index (χ3v) is 7.29. The number of ether oxygens (including phenoxy) is 2. The maximum absolute atomic E-state index is 12.9. The van der Waals surface area contributed by atoms with E-state index in [1.165, 1.54) is 17.5 Å². The fourth-order valence-electron chi connectivity index (χ4n) is 2.85. The summed E-state index contributed by atoms with van der Waals surface area (Å²) in [6.45, 7) is 3.15. The minimum Gasteiger partial charge on any atom is -0.453 e. The molecule has 2 aromatic heterocycles. The summed E-state index contributed by atoms with van der Waals surface area (Å²) >= 11 is 6.90. The van der Waals surface area contributed by atoms with Gasteiger partial charge in [-0.25, -0.2) is 13.1 Å². The minimum absolute atomic E-state index is 0.0184. The van der Waals surface area contributed by atoms with Gasteiger partial charge in [0.1, 0.15) is 32.1 Å². The molecule has 0 atom stereocenters. The van der Waals surface area contributed by atoms with Crippen molar-refractivity contribution in [2.24, 2.45) is 0 Å². The van der Waals surface area contributed by atoms with Crippen LogP contribution in [-0.2, 0) is 10.0 Å². The molecule has 0 aliphatic carbocycles. The Labute approximate surface area is 185 Å². The van der Waals surface area contributed by atoms with E-state index in [0.717, 1.165) is 11.3 Å². The molecule has 3 heterocycles. The van der Waals surface area contributed by atoms with Gasteiger partial charge in [-0.05, 0) is 30.9 Å². The van der Waals surface area contributed by atoms with Crippen molar-refractivity contribution in [3.8, 4) is 17.6 Å². The number of nitrogens with zero attached hydrogens (tertiary/aromatic N) is 2. The number of aromatic nitrogens is 1. The van der Waals surface area contributed by atoms with E-state index in [2.05, 4.69) is 15.2 Å². The lowest BCUT2D eigenvalue weighted by molar-refractivity contribution is 0.102. The Bertz CT molecular complexity index is 1360. The van der Waals surface area contributed by atoms with Gasteiger partial charge in [-0.15, -0.1) is 11.3 Å². The Hall–Kier alpha value is -3.27. The van der Waals surface area contributed by atoms with E-state index in [-0.39, 0.29) is 33.0 Å². The van der Waals surface area contributed by atoms with Crippen molar-refractivity contribution in [3.63, 3.8) is 0 Å². The summed E-state index contributed by atoms with van der Waals surface area (Å²) in [5.74, 6) is -0.308. The zero-order valence-electron chi connectivity index (χ0n) is 16.0. The first-order valence-electron chi connectivity index (χ1n) is 8.59. The van der Waals surface area contributed by atoms with Gasteiger partial charge in [0.15, 0.2) is 11.5 Å². The summed E-state index contributed by atoms with van der Waals surface area (Å²) in [5.41, 5.74) is 1.29. The van der Waals surface area contributed by atoms with Gasteiger partial charge in [-0.1, -0.05) is 16.8 Å². The fraction of sp³-hybridized carbons (Fsp3) is 0.167. The summed E-state index contributed by atoms with van der Waals surface area (Å²) < 4.78 is 43.3. The van der Waals surface area contributed by atoms with Crippen LogP contribution in [0.3, 0.4) is 0 Å². The summed E-state index contributed by atoms with van der Waals surface area (Å²) in [6.07, 6.45) is 0. The SMILES string of the molecule is Cc1noc(NS(=O)(=O)c2ccsc2C(=O)Nc2cc3c(c(C#N)c2C)OCO3)c1Cl. The molecule has 13 heteroatoms. The molecular formula is C18H13ClN4O6S2. The van der Waals surface area contributed by atoms with Crippen molar-refractivity contribution < 1.29 is 27.2 Å². The normalized spacial score (nSPS) is 12.5. The number of nitrogens with one attached hydrogen (secondary N) is 2. The van der Waals surface area contributed by atoms with E-state index in [9.17, 15) is 18.5 Å². The van der Waals surface area contributed by atoms with Crippen LogP contribution in [0.4, 0.5) is 11.6 Å². The van der Waals surface area contributed by atoms with Gasteiger partial charge in [-0.3, -0.25) is 4.79 Å². The van der Waals surface area contributed by atoms with E-state index in [4.69, 9.17) is 25.6 Å². The third-order valence-electron chi connectivity index (χ3n) is 4.43. The average molecular weight is 481 g/mol. The zero-order valence-corrected chi connectivity index (χ0v) is 18.4. The highest BCUT2D eigenvalue weighted by Crippen LogP contribution is 2.41. The maximum Gasteiger partial charge on any atom is 0.267 e. The Kier molecular flexibility index (Phi) is 5.26. The van der Waals surface area contributed by atoms with Crippen LogP contribution >= 0.6 is 22.9 Å². The quantitative estimate of drug-likeness (QED) is 0.563. The molecule has 31 heavy (non-hydrogen) atoms. The Morgan fingerprint density at radius 3 is 2.81 bits per heavy atom. The molecular weight excluding hydrogens is 468 g/mol. The molecule has 1 aromatic carbocycles. The molecule has 1 amide bonds. The Morgan fingerprint density at radius 1 is 1.35 bits per heavy atom. The molecule has 0 unspecified atom stereocenters. The molecule has 0 spiro atoms. The molecule has 0 radical (unpaired) electrons. The zero-order chi connectivity index (χ0) is 22.3. The number of benzene rings is 1. The molecule has 160 valence electrons. The number of anilines is 2. The maximum atomic E-state index is 12.9.